The van der Waals surface area contributed by atoms with E-state index in [1.807, 2.05) is 44.2 Å². The fraction of sp³-hybridized carbons (Fsp3) is 0.500. The third-order valence-electron chi connectivity index (χ3n) is 4.82. The van der Waals surface area contributed by atoms with Crippen LogP contribution in [0, 0.1) is 0 Å². The summed E-state index contributed by atoms with van der Waals surface area (Å²) in [6.45, 7) is 6.13. The molecule has 3 rings (SSSR count). The van der Waals surface area contributed by atoms with Gasteiger partial charge in [-0.1, -0.05) is 49.3 Å². The van der Waals surface area contributed by atoms with Crippen molar-refractivity contribution in [2.45, 2.75) is 45.3 Å². The minimum Gasteiger partial charge on any atom is -0.353 e. The molecule has 1 aromatic heterocycles. The lowest BCUT2D eigenvalue weighted by atomic mass is 10.1. The normalized spacial score (nSPS) is 17.6. The highest BCUT2D eigenvalue weighted by Gasteiger charge is 2.32. The second kappa shape index (κ2) is 8.97. The number of benzene rings is 1. The highest BCUT2D eigenvalue weighted by Crippen LogP contribution is 2.16. The van der Waals surface area contributed by atoms with Crippen LogP contribution in [0.15, 0.2) is 34.9 Å². The molecule has 0 radical (unpaired) electrons. The first-order valence-corrected chi connectivity index (χ1v) is 9.56. The van der Waals surface area contributed by atoms with Crippen LogP contribution in [-0.4, -0.2) is 57.9 Å². The van der Waals surface area contributed by atoms with Gasteiger partial charge in [-0.25, -0.2) is 0 Å². The van der Waals surface area contributed by atoms with Crippen LogP contribution in [-0.2, 0) is 22.7 Å². The Kier molecular flexibility index (Phi) is 6.41. The monoisotopic (exact) mass is 385 g/mol. The van der Waals surface area contributed by atoms with Crippen LogP contribution in [0.25, 0.3) is 0 Å². The molecule has 2 amide bonds. The van der Waals surface area contributed by atoms with Crippen LogP contribution in [0.3, 0.4) is 0 Å². The van der Waals surface area contributed by atoms with E-state index in [2.05, 4.69) is 20.4 Å². The molecule has 1 saturated heterocycles. The maximum absolute atomic E-state index is 12.7. The maximum atomic E-state index is 12.7. The molecule has 1 N–H and O–H groups in total. The number of carbonyl (C=O) groups excluding carboxylic acids is 2. The molecule has 0 unspecified atom stereocenters. The molecule has 0 bridgehead atoms. The molecule has 1 atom stereocenters. The van der Waals surface area contributed by atoms with E-state index in [9.17, 15) is 9.59 Å². The Bertz CT molecular complexity index is 805. The van der Waals surface area contributed by atoms with Crippen molar-refractivity contribution in [2.75, 3.05) is 20.1 Å². The van der Waals surface area contributed by atoms with Crippen LogP contribution in [0.1, 0.15) is 43.5 Å². The number of hydrogen-bond donors (Lipinski definition) is 1. The number of aromatic nitrogens is 2. The van der Waals surface area contributed by atoms with Gasteiger partial charge in [0.05, 0.1) is 19.0 Å². The Hall–Kier alpha value is -2.74. The van der Waals surface area contributed by atoms with Gasteiger partial charge in [0, 0.05) is 32.6 Å². The van der Waals surface area contributed by atoms with E-state index in [-0.39, 0.29) is 30.7 Å². The fourth-order valence-corrected chi connectivity index (χ4v) is 3.18. The summed E-state index contributed by atoms with van der Waals surface area (Å²) in [4.78, 5) is 33.1. The van der Waals surface area contributed by atoms with Crippen molar-refractivity contribution in [1.82, 2.24) is 25.3 Å². The largest absolute Gasteiger partial charge is 0.353 e. The first kappa shape index (κ1) is 20.0. The van der Waals surface area contributed by atoms with Crippen molar-refractivity contribution in [3.05, 3.63) is 47.6 Å². The molecule has 1 fully saturated rings. The average Bonchev–Trinajstić information content (AvgIpc) is 3.14. The summed E-state index contributed by atoms with van der Waals surface area (Å²) >= 11 is 0. The molecule has 1 aliphatic rings. The summed E-state index contributed by atoms with van der Waals surface area (Å²) in [6, 6.07) is 9.48. The maximum Gasteiger partial charge on any atom is 0.237 e. The van der Waals surface area contributed by atoms with E-state index >= 15 is 0 Å². The standard InChI is InChI=1S/C20H27N5O3/c1-14(2)20-22-17(23-28-20)13-24(3)18(26)11-16-19(27)21-9-10-25(16)12-15-7-5-4-6-8-15/h4-8,14,16H,9-13H2,1-3H3,(H,21,27)/t16-/m1/s1. The Balaban J connectivity index is 1.62. The van der Waals surface area contributed by atoms with Crippen LogP contribution in [0.4, 0.5) is 0 Å². The second-order valence-corrected chi connectivity index (χ2v) is 7.42. The molecule has 0 aliphatic carbocycles. The smallest absolute Gasteiger partial charge is 0.237 e. The molecule has 0 saturated carbocycles. The van der Waals surface area contributed by atoms with Crippen molar-refractivity contribution < 1.29 is 14.1 Å². The molecule has 2 heterocycles. The second-order valence-electron chi connectivity index (χ2n) is 7.42. The molecule has 28 heavy (non-hydrogen) atoms. The Labute approximate surface area is 164 Å². The number of carbonyl (C=O) groups is 2. The molecular formula is C20H27N5O3. The lowest BCUT2D eigenvalue weighted by Crippen LogP contribution is -2.56. The number of rotatable bonds is 7. The van der Waals surface area contributed by atoms with E-state index in [1.165, 1.54) is 4.90 Å². The molecule has 8 heteroatoms. The van der Waals surface area contributed by atoms with E-state index < -0.39 is 6.04 Å². The summed E-state index contributed by atoms with van der Waals surface area (Å²) in [5.41, 5.74) is 1.12. The summed E-state index contributed by atoms with van der Waals surface area (Å²) in [5, 5.41) is 6.79. The number of nitrogens with one attached hydrogen (secondary N) is 1. The van der Waals surface area contributed by atoms with Crippen molar-refractivity contribution in [2.24, 2.45) is 0 Å². The Morgan fingerprint density at radius 2 is 2.11 bits per heavy atom. The topological polar surface area (TPSA) is 91.6 Å². The first-order valence-electron chi connectivity index (χ1n) is 9.56. The molecule has 1 aromatic carbocycles. The molecule has 2 aromatic rings. The minimum absolute atomic E-state index is 0.106. The van der Waals surface area contributed by atoms with Crippen molar-refractivity contribution in [3.63, 3.8) is 0 Å². The van der Waals surface area contributed by atoms with Gasteiger partial charge in [-0.3, -0.25) is 14.5 Å². The number of nitrogens with zero attached hydrogens (tertiary/aromatic N) is 4. The average molecular weight is 385 g/mol. The van der Waals surface area contributed by atoms with Gasteiger partial charge in [0.15, 0.2) is 5.82 Å². The zero-order valence-corrected chi connectivity index (χ0v) is 16.6. The summed E-state index contributed by atoms with van der Waals surface area (Å²) < 4.78 is 5.19. The first-order chi connectivity index (χ1) is 13.4. The van der Waals surface area contributed by atoms with Crippen LogP contribution >= 0.6 is 0 Å². The van der Waals surface area contributed by atoms with Crippen molar-refractivity contribution in [1.29, 1.82) is 0 Å². The Morgan fingerprint density at radius 3 is 2.79 bits per heavy atom. The van der Waals surface area contributed by atoms with Crippen LogP contribution in [0.5, 0.6) is 0 Å². The predicted molar refractivity (Wildman–Crippen MR) is 103 cm³/mol. The van der Waals surface area contributed by atoms with Gasteiger partial charge in [-0.15, -0.1) is 0 Å². The third-order valence-corrected chi connectivity index (χ3v) is 4.82. The minimum atomic E-state index is -0.486. The van der Waals surface area contributed by atoms with E-state index in [0.717, 1.165) is 5.56 Å². The summed E-state index contributed by atoms with van der Waals surface area (Å²) in [7, 11) is 1.69. The Morgan fingerprint density at radius 1 is 1.36 bits per heavy atom. The van der Waals surface area contributed by atoms with Gasteiger partial charge in [0.2, 0.25) is 17.7 Å². The molecular weight excluding hydrogens is 358 g/mol. The molecule has 0 spiro atoms. The highest BCUT2D eigenvalue weighted by molar-refractivity contribution is 5.88. The quantitative estimate of drug-likeness (QED) is 0.777. The number of amides is 2. The van der Waals surface area contributed by atoms with Gasteiger partial charge in [-0.05, 0) is 5.56 Å². The van der Waals surface area contributed by atoms with Crippen LogP contribution < -0.4 is 5.32 Å². The zero-order valence-electron chi connectivity index (χ0n) is 16.6. The number of piperazine rings is 1. The SMILES string of the molecule is CC(C)c1nc(CN(C)C(=O)C[C@@H]2C(=O)NCCN2Cc2ccccc2)no1. The zero-order chi connectivity index (χ0) is 20.1. The third kappa shape index (κ3) is 4.95. The van der Waals surface area contributed by atoms with Gasteiger partial charge in [0.25, 0.3) is 0 Å². The summed E-state index contributed by atoms with van der Waals surface area (Å²) in [5.74, 6) is 0.923. The molecule has 1 aliphatic heterocycles. The van der Waals surface area contributed by atoms with Gasteiger partial charge >= 0.3 is 0 Å². The van der Waals surface area contributed by atoms with Crippen LogP contribution in [0.2, 0.25) is 0 Å². The van der Waals surface area contributed by atoms with Gasteiger partial charge in [-0.2, -0.15) is 4.98 Å². The lowest BCUT2D eigenvalue weighted by molar-refractivity contribution is -0.138. The summed E-state index contributed by atoms with van der Waals surface area (Å²) in [6.07, 6.45) is 0.115. The van der Waals surface area contributed by atoms with Gasteiger partial charge in [0.1, 0.15) is 0 Å². The lowest BCUT2D eigenvalue weighted by Gasteiger charge is -2.35. The molecule has 150 valence electrons. The van der Waals surface area contributed by atoms with E-state index in [1.54, 1.807) is 7.05 Å². The van der Waals surface area contributed by atoms with E-state index in [0.29, 0.717) is 31.3 Å². The predicted octanol–water partition coefficient (Wildman–Crippen LogP) is 1.54. The van der Waals surface area contributed by atoms with Crippen molar-refractivity contribution in [3.8, 4) is 0 Å². The van der Waals surface area contributed by atoms with Crippen molar-refractivity contribution >= 4 is 11.8 Å². The highest BCUT2D eigenvalue weighted by atomic mass is 16.5. The van der Waals surface area contributed by atoms with E-state index in [4.69, 9.17) is 4.52 Å². The fourth-order valence-electron chi connectivity index (χ4n) is 3.18. The number of hydrogen-bond acceptors (Lipinski definition) is 6. The van der Waals surface area contributed by atoms with Gasteiger partial charge < -0.3 is 14.7 Å². The molecule has 8 nitrogen and oxygen atoms in total.